The number of hydrogen-bond acceptors (Lipinski definition) is 5. The quantitative estimate of drug-likeness (QED) is 0.581. The number of benzene rings is 1. The molecule has 0 aliphatic rings. The number of aromatic nitrogens is 1. The fraction of sp³-hybridized carbons (Fsp3) is 0.0833. The van der Waals surface area contributed by atoms with Gasteiger partial charge in [-0.25, -0.2) is 8.42 Å². The molecule has 6 nitrogen and oxygen atoms in total. The van der Waals surface area contributed by atoms with Gasteiger partial charge in [-0.05, 0) is 42.8 Å². The second-order valence-corrected chi connectivity index (χ2v) is 5.65. The number of rotatable bonds is 4. The van der Waals surface area contributed by atoms with Crippen LogP contribution in [0.5, 0.6) is 0 Å². The van der Waals surface area contributed by atoms with Crippen LogP contribution in [-0.4, -0.2) is 13.4 Å². The van der Waals surface area contributed by atoms with Crippen LogP contribution in [0.1, 0.15) is 5.56 Å². The van der Waals surface area contributed by atoms with Gasteiger partial charge in [0.05, 0.1) is 16.8 Å². The van der Waals surface area contributed by atoms with Crippen LogP contribution in [-0.2, 0) is 10.0 Å². The van der Waals surface area contributed by atoms with Crippen LogP contribution in [0, 0.1) is 6.92 Å². The van der Waals surface area contributed by atoms with Crippen molar-refractivity contribution in [2.24, 2.45) is 5.84 Å². The zero-order chi connectivity index (χ0) is 13.9. The van der Waals surface area contributed by atoms with Gasteiger partial charge in [0.1, 0.15) is 0 Å². The minimum absolute atomic E-state index is 0.162. The Morgan fingerprint density at radius 1 is 1.16 bits per heavy atom. The highest BCUT2D eigenvalue weighted by Gasteiger charge is 2.14. The smallest absolute Gasteiger partial charge is 0.261 e. The highest BCUT2D eigenvalue weighted by atomic mass is 32.2. The summed E-state index contributed by atoms with van der Waals surface area (Å²) in [6, 6.07) is 7.86. The van der Waals surface area contributed by atoms with E-state index in [0.717, 1.165) is 5.56 Å². The number of aryl methyl sites for hydroxylation is 1. The average Bonchev–Trinajstić information content (AvgIpc) is 2.41. The Bertz CT molecular complexity index is 668. The van der Waals surface area contributed by atoms with E-state index in [1.165, 1.54) is 18.3 Å². The molecule has 2 rings (SSSR count). The van der Waals surface area contributed by atoms with Crippen molar-refractivity contribution in [1.29, 1.82) is 0 Å². The zero-order valence-corrected chi connectivity index (χ0v) is 11.1. The molecule has 1 aromatic heterocycles. The molecule has 100 valence electrons. The molecule has 0 amide bonds. The molecule has 0 aliphatic heterocycles. The van der Waals surface area contributed by atoms with E-state index in [4.69, 9.17) is 5.84 Å². The van der Waals surface area contributed by atoms with Crippen molar-refractivity contribution in [2.45, 2.75) is 11.8 Å². The molecule has 0 fully saturated rings. The fourth-order valence-electron chi connectivity index (χ4n) is 1.50. The Hall–Kier alpha value is -2.12. The van der Waals surface area contributed by atoms with Gasteiger partial charge in [-0.15, -0.1) is 0 Å². The number of nitrogens with one attached hydrogen (secondary N) is 2. The second kappa shape index (κ2) is 5.25. The lowest BCUT2D eigenvalue weighted by atomic mass is 10.3. The molecule has 0 atom stereocenters. The largest absolute Gasteiger partial charge is 0.324 e. The summed E-state index contributed by atoms with van der Waals surface area (Å²) in [6.07, 6.45) is 3.08. The number of nitrogen functional groups attached to an aromatic ring is 1. The van der Waals surface area contributed by atoms with Crippen molar-refractivity contribution < 1.29 is 8.42 Å². The molecule has 4 N–H and O–H groups in total. The number of nitrogens with zero attached hydrogens (tertiary/aromatic N) is 1. The first-order chi connectivity index (χ1) is 9.03. The first-order valence-electron chi connectivity index (χ1n) is 5.53. The van der Waals surface area contributed by atoms with E-state index in [9.17, 15) is 8.42 Å². The molecular formula is C12H14N4O2S. The lowest BCUT2D eigenvalue weighted by Crippen LogP contribution is -2.14. The van der Waals surface area contributed by atoms with Gasteiger partial charge in [-0.3, -0.25) is 15.5 Å². The zero-order valence-electron chi connectivity index (χ0n) is 10.3. The summed E-state index contributed by atoms with van der Waals surface area (Å²) in [5, 5.41) is 0. The second-order valence-electron chi connectivity index (χ2n) is 3.96. The summed E-state index contributed by atoms with van der Waals surface area (Å²) < 4.78 is 26.8. The Morgan fingerprint density at radius 2 is 1.84 bits per heavy atom. The number of hydrogen-bond donors (Lipinski definition) is 3. The van der Waals surface area contributed by atoms with Crippen molar-refractivity contribution in [2.75, 3.05) is 10.1 Å². The molecule has 7 heteroatoms. The van der Waals surface area contributed by atoms with E-state index in [1.54, 1.807) is 31.3 Å². The van der Waals surface area contributed by atoms with Gasteiger partial charge < -0.3 is 5.43 Å². The van der Waals surface area contributed by atoms with Crippen molar-refractivity contribution in [3.63, 3.8) is 0 Å². The van der Waals surface area contributed by atoms with E-state index >= 15 is 0 Å². The highest BCUT2D eigenvalue weighted by molar-refractivity contribution is 7.92. The van der Waals surface area contributed by atoms with E-state index in [1.807, 2.05) is 0 Å². The summed E-state index contributed by atoms with van der Waals surface area (Å²) >= 11 is 0. The van der Waals surface area contributed by atoms with Crippen molar-refractivity contribution in [3.05, 3.63) is 48.3 Å². The number of pyridine rings is 1. The van der Waals surface area contributed by atoms with Crippen LogP contribution in [0.4, 0.5) is 11.4 Å². The van der Waals surface area contributed by atoms with Gasteiger partial charge in [0.25, 0.3) is 10.0 Å². The molecule has 0 unspecified atom stereocenters. The summed E-state index contributed by atoms with van der Waals surface area (Å²) in [5.74, 6) is 5.23. The minimum atomic E-state index is -3.62. The standard InChI is InChI=1S/C12H14N4O2S/c1-9-6-7-14-8-12(9)16-19(17,18)11-4-2-10(15-13)3-5-11/h2-8,15-16H,13H2,1H3. The maximum Gasteiger partial charge on any atom is 0.261 e. The van der Waals surface area contributed by atoms with Gasteiger partial charge in [0.15, 0.2) is 0 Å². The van der Waals surface area contributed by atoms with Gasteiger partial charge in [0, 0.05) is 11.9 Å². The predicted molar refractivity (Wildman–Crippen MR) is 74.0 cm³/mol. The average molecular weight is 278 g/mol. The number of hydrazine groups is 1. The van der Waals surface area contributed by atoms with Crippen LogP contribution >= 0.6 is 0 Å². The molecule has 0 spiro atoms. The SMILES string of the molecule is Cc1ccncc1NS(=O)(=O)c1ccc(NN)cc1. The number of sulfonamides is 1. The summed E-state index contributed by atoms with van der Waals surface area (Å²) in [7, 11) is -3.62. The predicted octanol–water partition coefficient (Wildman–Crippen LogP) is 1.48. The third kappa shape index (κ3) is 3.01. The van der Waals surface area contributed by atoms with Crippen LogP contribution in [0.3, 0.4) is 0 Å². The first-order valence-corrected chi connectivity index (χ1v) is 7.01. The Morgan fingerprint density at radius 3 is 2.42 bits per heavy atom. The van der Waals surface area contributed by atoms with Crippen LogP contribution in [0.25, 0.3) is 0 Å². The highest BCUT2D eigenvalue weighted by Crippen LogP contribution is 2.19. The molecule has 1 aromatic carbocycles. The molecule has 19 heavy (non-hydrogen) atoms. The number of anilines is 2. The van der Waals surface area contributed by atoms with Gasteiger partial charge in [-0.2, -0.15) is 0 Å². The monoisotopic (exact) mass is 278 g/mol. The topological polar surface area (TPSA) is 97.1 Å². The molecule has 0 bridgehead atoms. The molecule has 1 heterocycles. The minimum Gasteiger partial charge on any atom is -0.324 e. The number of nitrogens with two attached hydrogens (primary N) is 1. The van der Waals surface area contributed by atoms with Crippen LogP contribution in [0.2, 0.25) is 0 Å². The Kier molecular flexibility index (Phi) is 3.68. The molecular weight excluding hydrogens is 264 g/mol. The van der Waals surface area contributed by atoms with Gasteiger partial charge >= 0.3 is 0 Å². The first kappa shape index (κ1) is 13.3. The third-order valence-electron chi connectivity index (χ3n) is 2.61. The Labute approximate surface area is 111 Å². The molecule has 0 radical (unpaired) electrons. The maximum absolute atomic E-state index is 12.2. The molecule has 0 aliphatic carbocycles. The van der Waals surface area contributed by atoms with Crippen molar-refractivity contribution in [1.82, 2.24) is 4.98 Å². The lowest BCUT2D eigenvalue weighted by Gasteiger charge is -2.10. The van der Waals surface area contributed by atoms with Gasteiger partial charge in [-0.1, -0.05) is 0 Å². The summed E-state index contributed by atoms with van der Waals surface area (Å²) in [5.41, 5.74) is 4.34. The van der Waals surface area contributed by atoms with E-state index < -0.39 is 10.0 Å². The third-order valence-corrected chi connectivity index (χ3v) is 4.00. The van der Waals surface area contributed by atoms with E-state index in [0.29, 0.717) is 11.4 Å². The molecule has 2 aromatic rings. The van der Waals surface area contributed by atoms with Crippen molar-refractivity contribution in [3.8, 4) is 0 Å². The Balaban J connectivity index is 2.30. The van der Waals surface area contributed by atoms with Crippen molar-refractivity contribution >= 4 is 21.4 Å². The molecule has 0 saturated carbocycles. The normalized spacial score (nSPS) is 11.1. The van der Waals surface area contributed by atoms with Gasteiger partial charge in [0.2, 0.25) is 0 Å². The van der Waals surface area contributed by atoms with E-state index in [2.05, 4.69) is 15.1 Å². The maximum atomic E-state index is 12.2. The lowest BCUT2D eigenvalue weighted by molar-refractivity contribution is 0.601. The van der Waals surface area contributed by atoms with Crippen LogP contribution < -0.4 is 16.0 Å². The van der Waals surface area contributed by atoms with E-state index in [-0.39, 0.29) is 4.90 Å². The summed E-state index contributed by atoms with van der Waals surface area (Å²) in [4.78, 5) is 4.06. The summed E-state index contributed by atoms with van der Waals surface area (Å²) in [6.45, 7) is 1.81. The molecule has 0 saturated heterocycles. The fourth-order valence-corrected chi connectivity index (χ4v) is 2.62. The van der Waals surface area contributed by atoms with Crippen LogP contribution in [0.15, 0.2) is 47.6 Å².